The monoisotopic (exact) mass is 238 g/mol. The Morgan fingerprint density at radius 1 is 1.11 bits per heavy atom. The number of hydrogen-bond donors (Lipinski definition) is 1. The Morgan fingerprint density at radius 2 is 1.83 bits per heavy atom. The van der Waals surface area contributed by atoms with Gasteiger partial charge in [0.25, 0.3) is 0 Å². The smallest absolute Gasteiger partial charge is 0.190 e. The van der Waals surface area contributed by atoms with Crippen LogP contribution in [0.3, 0.4) is 0 Å². The first-order chi connectivity index (χ1) is 8.74. The number of allylic oxidation sites excluding steroid dienone is 5. The quantitative estimate of drug-likeness (QED) is 0.707. The fourth-order valence-electron chi connectivity index (χ4n) is 2.46. The van der Waals surface area contributed by atoms with Crippen LogP contribution < -0.4 is 0 Å². The van der Waals surface area contributed by atoms with E-state index in [1.807, 2.05) is 0 Å². The van der Waals surface area contributed by atoms with Gasteiger partial charge in [-0.05, 0) is 0 Å². The van der Waals surface area contributed by atoms with Gasteiger partial charge < -0.3 is 5.11 Å². The molecule has 0 heterocycles. The van der Waals surface area contributed by atoms with Gasteiger partial charge in [0.05, 0.1) is 12.2 Å². The van der Waals surface area contributed by atoms with E-state index in [0.29, 0.717) is 22.3 Å². The van der Waals surface area contributed by atoms with E-state index in [1.165, 1.54) is 0 Å². The van der Waals surface area contributed by atoms with Crippen molar-refractivity contribution in [3.8, 4) is 0 Å². The zero-order valence-electron chi connectivity index (χ0n) is 9.46. The molecule has 0 saturated carbocycles. The Kier molecular flexibility index (Phi) is 2.27. The number of Topliss-reactive ketones (excluding diaryl/α,β-unsaturated/α-hetero) is 2. The summed E-state index contributed by atoms with van der Waals surface area (Å²) < 4.78 is 0. The highest BCUT2D eigenvalue weighted by Crippen LogP contribution is 2.36. The molecule has 2 aliphatic rings. The molecule has 1 unspecified atom stereocenters. The van der Waals surface area contributed by atoms with Crippen LogP contribution in [0.2, 0.25) is 0 Å². The largest absolute Gasteiger partial charge is 0.515 e. The first-order valence-electron chi connectivity index (χ1n) is 5.64. The van der Waals surface area contributed by atoms with E-state index < -0.39 is 5.92 Å². The van der Waals surface area contributed by atoms with Crippen molar-refractivity contribution < 1.29 is 14.7 Å². The summed E-state index contributed by atoms with van der Waals surface area (Å²) in [6.07, 6.45) is 5.86. The molecule has 0 amide bonds. The maximum Gasteiger partial charge on any atom is 0.190 e. The van der Waals surface area contributed by atoms with Crippen molar-refractivity contribution in [2.45, 2.75) is 0 Å². The zero-order valence-corrected chi connectivity index (χ0v) is 9.46. The van der Waals surface area contributed by atoms with E-state index in [-0.39, 0.29) is 11.6 Å². The topological polar surface area (TPSA) is 54.4 Å². The molecule has 1 aromatic rings. The zero-order chi connectivity index (χ0) is 12.7. The van der Waals surface area contributed by atoms with Crippen LogP contribution in [0.1, 0.15) is 20.7 Å². The van der Waals surface area contributed by atoms with Gasteiger partial charge in [0.1, 0.15) is 0 Å². The highest BCUT2D eigenvalue weighted by Gasteiger charge is 2.38. The standard InChI is InChI=1S/C15H10O3/c16-8-9-4-3-7-12-13(9)15(18)11-6-2-1-5-10(11)14(12)17/h1-8,13,16H. The molecule has 0 bridgehead atoms. The second-order valence-electron chi connectivity index (χ2n) is 4.28. The second-order valence-corrected chi connectivity index (χ2v) is 4.28. The molecule has 3 heteroatoms. The lowest BCUT2D eigenvalue weighted by Crippen LogP contribution is -2.31. The normalized spacial score (nSPS) is 23.7. The summed E-state index contributed by atoms with van der Waals surface area (Å²) in [7, 11) is 0. The minimum atomic E-state index is -0.664. The number of hydrogen-bond acceptors (Lipinski definition) is 3. The molecule has 3 rings (SSSR count). The molecule has 2 aliphatic carbocycles. The lowest BCUT2D eigenvalue weighted by molar-refractivity contribution is 0.0898. The molecule has 0 radical (unpaired) electrons. The first kappa shape index (κ1) is 10.7. The molecule has 18 heavy (non-hydrogen) atoms. The number of carbonyl (C=O) groups is 2. The maximum atomic E-state index is 12.4. The average molecular weight is 238 g/mol. The van der Waals surface area contributed by atoms with E-state index in [4.69, 9.17) is 0 Å². The summed E-state index contributed by atoms with van der Waals surface area (Å²) in [4.78, 5) is 24.7. The van der Waals surface area contributed by atoms with Crippen LogP contribution in [0.15, 0.2) is 59.9 Å². The number of fused-ring (bicyclic) bond motifs is 2. The molecule has 0 spiro atoms. The van der Waals surface area contributed by atoms with Gasteiger partial charge in [0.15, 0.2) is 11.6 Å². The summed E-state index contributed by atoms with van der Waals surface area (Å²) in [5.41, 5.74) is 1.76. The minimum absolute atomic E-state index is 0.138. The molecule has 0 fully saturated rings. The maximum absolute atomic E-state index is 12.4. The minimum Gasteiger partial charge on any atom is -0.515 e. The van der Waals surface area contributed by atoms with Crippen LogP contribution in [0.5, 0.6) is 0 Å². The van der Waals surface area contributed by atoms with E-state index in [1.54, 1.807) is 42.5 Å². The van der Waals surface area contributed by atoms with E-state index >= 15 is 0 Å². The van der Waals surface area contributed by atoms with Crippen molar-refractivity contribution in [2.75, 3.05) is 0 Å². The molecular weight excluding hydrogens is 228 g/mol. The van der Waals surface area contributed by atoms with Gasteiger partial charge >= 0.3 is 0 Å². The van der Waals surface area contributed by atoms with Crippen LogP contribution in [0.25, 0.3) is 0 Å². The van der Waals surface area contributed by atoms with Crippen LogP contribution in [-0.2, 0) is 0 Å². The number of carbonyl (C=O) groups excluding carboxylic acids is 2. The number of aliphatic hydroxyl groups excluding tert-OH is 1. The number of aliphatic hydroxyl groups is 1. The number of ketones is 2. The third-order valence-corrected chi connectivity index (χ3v) is 3.32. The number of benzene rings is 1. The van der Waals surface area contributed by atoms with Crippen LogP contribution in [0, 0.1) is 5.92 Å². The fourth-order valence-corrected chi connectivity index (χ4v) is 2.46. The third-order valence-electron chi connectivity index (χ3n) is 3.32. The van der Waals surface area contributed by atoms with Crippen molar-refractivity contribution in [3.63, 3.8) is 0 Å². The van der Waals surface area contributed by atoms with Crippen LogP contribution in [-0.4, -0.2) is 16.7 Å². The predicted octanol–water partition coefficient (Wildman–Crippen LogP) is 2.62. The average Bonchev–Trinajstić information content (AvgIpc) is 2.44. The summed E-state index contributed by atoms with van der Waals surface area (Å²) in [6.45, 7) is 0. The molecule has 88 valence electrons. The van der Waals surface area contributed by atoms with Crippen molar-refractivity contribution in [3.05, 3.63) is 71.0 Å². The Bertz CT molecular complexity index is 647. The van der Waals surface area contributed by atoms with Gasteiger partial charge in [-0.25, -0.2) is 0 Å². The van der Waals surface area contributed by atoms with Crippen molar-refractivity contribution in [2.24, 2.45) is 5.92 Å². The molecule has 0 aromatic heterocycles. The Morgan fingerprint density at radius 3 is 2.56 bits per heavy atom. The van der Waals surface area contributed by atoms with Gasteiger partial charge in [-0.2, -0.15) is 0 Å². The second kappa shape index (κ2) is 3.81. The fraction of sp³-hybridized carbons (Fsp3) is 0.0667. The summed E-state index contributed by atoms with van der Waals surface area (Å²) in [5.74, 6) is -0.942. The van der Waals surface area contributed by atoms with Gasteiger partial charge in [-0.3, -0.25) is 9.59 Å². The van der Waals surface area contributed by atoms with Crippen molar-refractivity contribution in [1.29, 1.82) is 0 Å². The Labute approximate surface area is 104 Å². The highest BCUT2D eigenvalue weighted by atomic mass is 16.2. The van der Waals surface area contributed by atoms with E-state index in [0.717, 1.165) is 6.26 Å². The van der Waals surface area contributed by atoms with Crippen molar-refractivity contribution in [1.82, 2.24) is 0 Å². The lowest BCUT2D eigenvalue weighted by Gasteiger charge is -2.27. The molecule has 0 saturated heterocycles. The van der Waals surface area contributed by atoms with E-state index in [2.05, 4.69) is 0 Å². The van der Waals surface area contributed by atoms with Gasteiger partial charge in [0.2, 0.25) is 0 Å². The third kappa shape index (κ3) is 1.31. The van der Waals surface area contributed by atoms with E-state index in [9.17, 15) is 14.7 Å². The molecule has 1 aromatic carbocycles. The highest BCUT2D eigenvalue weighted by molar-refractivity contribution is 6.24. The molecule has 0 aliphatic heterocycles. The number of rotatable bonds is 0. The lowest BCUT2D eigenvalue weighted by atomic mass is 9.73. The van der Waals surface area contributed by atoms with Crippen LogP contribution in [0.4, 0.5) is 0 Å². The SMILES string of the molecule is O=C1C2=CC=CC(=CO)C2C(=O)c2ccccc21. The molecular formula is C15H10O3. The molecule has 1 atom stereocenters. The Hall–Kier alpha value is -2.42. The summed E-state index contributed by atoms with van der Waals surface area (Å²) in [5, 5.41) is 9.18. The predicted molar refractivity (Wildman–Crippen MR) is 66.5 cm³/mol. The van der Waals surface area contributed by atoms with Crippen molar-refractivity contribution >= 4 is 11.6 Å². The molecule has 3 nitrogen and oxygen atoms in total. The van der Waals surface area contributed by atoms with Gasteiger partial charge in [0, 0.05) is 22.3 Å². The summed E-state index contributed by atoms with van der Waals surface area (Å²) >= 11 is 0. The molecule has 1 N–H and O–H groups in total. The van der Waals surface area contributed by atoms with Crippen LogP contribution >= 0.6 is 0 Å². The first-order valence-corrected chi connectivity index (χ1v) is 5.64. The Balaban J connectivity index is 2.26. The summed E-state index contributed by atoms with van der Waals surface area (Å²) in [6, 6.07) is 6.79. The van der Waals surface area contributed by atoms with Gasteiger partial charge in [-0.1, -0.05) is 42.5 Å². The van der Waals surface area contributed by atoms with Gasteiger partial charge in [-0.15, -0.1) is 0 Å².